The molecule has 54 heavy (non-hydrogen) atoms. The minimum Gasteiger partial charge on any atom is -0.462 e. The van der Waals surface area contributed by atoms with Gasteiger partial charge in [0.1, 0.15) is 19.8 Å². The Morgan fingerprint density at radius 2 is 1.00 bits per heavy atom. The maximum atomic E-state index is 12.7. The van der Waals surface area contributed by atoms with E-state index in [0.717, 1.165) is 64.2 Å². The number of carbonyl (C=O) groups excluding carboxylic acids is 2. The summed E-state index contributed by atoms with van der Waals surface area (Å²) in [5.41, 5.74) is 0. The fourth-order valence-electron chi connectivity index (χ4n) is 5.68. The summed E-state index contributed by atoms with van der Waals surface area (Å²) in [6.07, 6.45) is 40.4. The monoisotopic (exact) mass is 785 g/mol. The number of unbranched alkanes of at least 4 members (excludes halogenated alkanes) is 19. The molecule has 0 aromatic heterocycles. The van der Waals surface area contributed by atoms with E-state index in [1.54, 1.807) is 0 Å². The minimum absolute atomic E-state index is 0.0264. The van der Waals surface area contributed by atoms with Gasteiger partial charge < -0.3 is 18.9 Å². The molecule has 0 aliphatic heterocycles. The quantitative estimate of drug-likeness (QED) is 0.0216. The summed E-state index contributed by atoms with van der Waals surface area (Å²) in [5.74, 6) is -0.833. The molecule has 0 heterocycles. The van der Waals surface area contributed by atoms with Crippen LogP contribution in [-0.2, 0) is 32.7 Å². The molecule has 0 aromatic rings. The smallest absolute Gasteiger partial charge is 0.462 e. The van der Waals surface area contributed by atoms with Gasteiger partial charge in [0.15, 0.2) is 6.10 Å². The third-order valence-electron chi connectivity index (χ3n) is 9.14. The van der Waals surface area contributed by atoms with Crippen LogP contribution in [0.15, 0.2) is 36.5 Å². The zero-order chi connectivity index (χ0) is 40.0. The number of hydrogen-bond acceptors (Lipinski definition) is 7. The van der Waals surface area contributed by atoms with Crippen LogP contribution in [0.5, 0.6) is 0 Å². The number of phosphoric ester groups is 1. The molecule has 0 radical (unpaired) electrons. The molecular weight excluding hydrogens is 701 g/mol. The van der Waals surface area contributed by atoms with Gasteiger partial charge in [-0.05, 0) is 70.6 Å². The molecule has 0 saturated heterocycles. The third kappa shape index (κ3) is 39.9. The molecular formula is C44H83NO8P+. The molecule has 1 N–H and O–H groups in total. The highest BCUT2D eigenvalue weighted by Gasteiger charge is 2.27. The molecule has 0 amide bonds. The van der Waals surface area contributed by atoms with Gasteiger partial charge in [-0.3, -0.25) is 18.6 Å². The highest BCUT2D eigenvalue weighted by Crippen LogP contribution is 2.43. The molecule has 0 fully saturated rings. The third-order valence-corrected chi connectivity index (χ3v) is 10.1. The van der Waals surface area contributed by atoms with Gasteiger partial charge in [0.2, 0.25) is 0 Å². The van der Waals surface area contributed by atoms with Gasteiger partial charge in [-0.25, -0.2) is 4.57 Å². The Morgan fingerprint density at radius 3 is 1.54 bits per heavy atom. The Labute approximate surface area is 331 Å². The second-order valence-electron chi connectivity index (χ2n) is 15.7. The van der Waals surface area contributed by atoms with Crippen molar-refractivity contribution in [3.63, 3.8) is 0 Å². The van der Waals surface area contributed by atoms with Crippen molar-refractivity contribution >= 4 is 19.8 Å². The van der Waals surface area contributed by atoms with Crippen molar-refractivity contribution in [2.45, 2.75) is 187 Å². The van der Waals surface area contributed by atoms with Crippen LogP contribution in [0.3, 0.4) is 0 Å². The summed E-state index contributed by atoms with van der Waals surface area (Å²) >= 11 is 0. The summed E-state index contributed by atoms with van der Waals surface area (Å²) in [4.78, 5) is 35.3. The Kier molecular flexibility index (Phi) is 35.6. The average Bonchev–Trinajstić information content (AvgIpc) is 3.12. The highest BCUT2D eigenvalue weighted by atomic mass is 31.2. The first-order valence-electron chi connectivity index (χ1n) is 21.7. The first kappa shape index (κ1) is 52.2. The van der Waals surface area contributed by atoms with Crippen molar-refractivity contribution < 1.29 is 42.1 Å². The fourth-order valence-corrected chi connectivity index (χ4v) is 6.43. The number of quaternary nitrogens is 1. The Bertz CT molecular complexity index is 1020. The van der Waals surface area contributed by atoms with Crippen LogP contribution < -0.4 is 0 Å². The second-order valence-corrected chi connectivity index (χ2v) is 17.2. The lowest BCUT2D eigenvalue weighted by atomic mass is 10.1. The number of carbonyl (C=O) groups is 2. The average molecular weight is 785 g/mol. The summed E-state index contributed by atoms with van der Waals surface area (Å²) in [7, 11) is 1.46. The summed E-state index contributed by atoms with van der Waals surface area (Å²) < 4.78 is 34.2. The first-order chi connectivity index (χ1) is 26.0. The van der Waals surface area contributed by atoms with E-state index in [-0.39, 0.29) is 32.0 Å². The van der Waals surface area contributed by atoms with Gasteiger partial charge in [-0.1, -0.05) is 134 Å². The van der Waals surface area contributed by atoms with E-state index >= 15 is 0 Å². The summed E-state index contributed by atoms with van der Waals surface area (Å²) in [6.45, 7) is 4.36. The number of ether oxygens (including phenoxy) is 2. The zero-order valence-electron chi connectivity index (χ0n) is 35.5. The molecule has 0 aliphatic carbocycles. The van der Waals surface area contributed by atoms with Gasteiger partial charge >= 0.3 is 19.8 Å². The van der Waals surface area contributed by atoms with Crippen molar-refractivity contribution in [2.75, 3.05) is 47.5 Å². The number of esters is 2. The molecule has 2 atom stereocenters. The Morgan fingerprint density at radius 1 is 0.574 bits per heavy atom. The van der Waals surface area contributed by atoms with E-state index in [9.17, 15) is 19.0 Å². The lowest BCUT2D eigenvalue weighted by Crippen LogP contribution is -2.37. The van der Waals surface area contributed by atoms with Crippen LogP contribution >= 0.6 is 7.82 Å². The Balaban J connectivity index is 4.42. The number of hydrogen-bond donors (Lipinski definition) is 1. The van der Waals surface area contributed by atoms with Crippen LogP contribution in [-0.4, -0.2) is 74.9 Å². The minimum atomic E-state index is -4.38. The molecule has 0 aliphatic rings. The molecule has 10 heteroatoms. The summed E-state index contributed by atoms with van der Waals surface area (Å²) in [5, 5.41) is 0. The largest absolute Gasteiger partial charge is 0.472 e. The molecule has 1 unspecified atom stereocenters. The van der Waals surface area contributed by atoms with Crippen LogP contribution in [0.25, 0.3) is 0 Å². The standard InChI is InChI=1S/C44H82NO8P/c1-6-8-10-12-14-16-18-20-22-24-26-28-30-32-34-36-43(46)50-40-42(41-52-54(48,49)51-39-38-45(3,4)5)53-44(47)37-35-33-31-29-27-25-23-21-19-17-15-13-11-9-7-2/h15,17,21,23-24,26,42H,6-14,16,18-20,22,25,27-41H2,1-5H3/p+1/b17-15+,23-21+,26-24+/t42-/m1/s1. The van der Waals surface area contributed by atoms with Crippen LogP contribution in [0, 0.1) is 0 Å². The topological polar surface area (TPSA) is 108 Å². The lowest BCUT2D eigenvalue weighted by molar-refractivity contribution is -0.870. The maximum absolute atomic E-state index is 12.7. The Hall–Kier alpha value is -1.77. The molecule has 0 spiro atoms. The highest BCUT2D eigenvalue weighted by molar-refractivity contribution is 7.47. The van der Waals surface area contributed by atoms with Crippen LogP contribution in [0.2, 0.25) is 0 Å². The normalized spacial score (nSPS) is 14.0. The van der Waals surface area contributed by atoms with Gasteiger partial charge in [0, 0.05) is 12.8 Å². The van der Waals surface area contributed by atoms with Gasteiger partial charge in [-0.15, -0.1) is 0 Å². The maximum Gasteiger partial charge on any atom is 0.472 e. The molecule has 0 bridgehead atoms. The van der Waals surface area contributed by atoms with E-state index in [0.29, 0.717) is 23.9 Å². The van der Waals surface area contributed by atoms with E-state index in [1.165, 1.54) is 77.0 Å². The lowest BCUT2D eigenvalue weighted by Gasteiger charge is -2.24. The molecule has 316 valence electrons. The van der Waals surface area contributed by atoms with Crippen molar-refractivity contribution in [2.24, 2.45) is 0 Å². The first-order valence-corrected chi connectivity index (χ1v) is 23.2. The van der Waals surface area contributed by atoms with Gasteiger partial charge in [0.25, 0.3) is 0 Å². The van der Waals surface area contributed by atoms with Gasteiger partial charge in [-0.2, -0.15) is 0 Å². The van der Waals surface area contributed by atoms with Crippen LogP contribution in [0.1, 0.15) is 181 Å². The molecule has 0 aromatic carbocycles. The molecule has 0 rings (SSSR count). The number of likely N-dealkylation sites (N-methyl/N-ethyl adjacent to an activating group) is 1. The predicted molar refractivity (Wildman–Crippen MR) is 224 cm³/mol. The zero-order valence-corrected chi connectivity index (χ0v) is 36.3. The van der Waals surface area contributed by atoms with Crippen molar-refractivity contribution in [3.8, 4) is 0 Å². The van der Waals surface area contributed by atoms with E-state index in [1.807, 2.05) is 21.1 Å². The van der Waals surface area contributed by atoms with E-state index < -0.39 is 26.5 Å². The fraction of sp³-hybridized carbons (Fsp3) is 0.818. The van der Waals surface area contributed by atoms with E-state index in [4.69, 9.17) is 18.5 Å². The predicted octanol–water partition coefficient (Wildman–Crippen LogP) is 12.1. The number of allylic oxidation sites excluding steroid dienone is 6. The number of rotatable bonds is 39. The van der Waals surface area contributed by atoms with Crippen LogP contribution in [0.4, 0.5) is 0 Å². The number of nitrogens with zero attached hydrogens (tertiary/aromatic N) is 1. The van der Waals surface area contributed by atoms with Gasteiger partial charge in [0.05, 0.1) is 27.7 Å². The molecule has 9 nitrogen and oxygen atoms in total. The summed E-state index contributed by atoms with van der Waals surface area (Å²) in [6, 6.07) is 0. The van der Waals surface area contributed by atoms with E-state index in [2.05, 4.69) is 50.3 Å². The van der Waals surface area contributed by atoms with Crippen molar-refractivity contribution in [3.05, 3.63) is 36.5 Å². The van der Waals surface area contributed by atoms with Crippen molar-refractivity contribution in [1.29, 1.82) is 0 Å². The number of phosphoric acid groups is 1. The second kappa shape index (κ2) is 36.8. The molecule has 0 saturated carbocycles. The van der Waals surface area contributed by atoms with Crippen molar-refractivity contribution in [1.82, 2.24) is 0 Å². The SMILES string of the molecule is CCCCC/C=C/C/C=C/CCCCCCCC(=O)O[C@H](COC(=O)CCCCC/C=C/CCCCCCCCCC)COP(=O)(O)OCC[N+](C)(C)C.